The maximum atomic E-state index is 14.4. The highest BCUT2D eigenvalue weighted by molar-refractivity contribution is 7.15. The monoisotopic (exact) mass is 505 g/mol. The van der Waals surface area contributed by atoms with Gasteiger partial charge in [0.25, 0.3) is 0 Å². The number of rotatable bonds is 11. The van der Waals surface area contributed by atoms with Crippen molar-refractivity contribution in [3.8, 4) is 0 Å². The number of nitrogens with one attached hydrogen (secondary N) is 2. The second kappa shape index (κ2) is 12.5. The van der Waals surface area contributed by atoms with Crippen molar-refractivity contribution in [2.24, 2.45) is 0 Å². The summed E-state index contributed by atoms with van der Waals surface area (Å²) in [6.45, 7) is 0. The highest BCUT2D eigenvalue weighted by Gasteiger charge is 2.11. The van der Waals surface area contributed by atoms with E-state index in [1.807, 2.05) is 6.07 Å². The summed E-state index contributed by atoms with van der Waals surface area (Å²) in [5.74, 6) is -0.910. The zero-order chi connectivity index (χ0) is 25.2. The normalized spacial score (nSPS) is 10.7. The zero-order valence-electron chi connectivity index (χ0n) is 19.4. The largest absolute Gasteiger partial charge is 0.310 e. The van der Waals surface area contributed by atoms with Gasteiger partial charge in [0, 0.05) is 36.3 Å². The summed E-state index contributed by atoms with van der Waals surface area (Å²) in [6, 6.07) is 12.2. The molecule has 0 aliphatic carbocycles. The Labute approximate surface area is 211 Å². The van der Waals surface area contributed by atoms with Crippen molar-refractivity contribution in [2.45, 2.75) is 38.5 Å². The fraction of sp³-hybridized carbons (Fsp3) is 0.240. The zero-order valence-corrected chi connectivity index (χ0v) is 20.2. The molecule has 0 aromatic carbocycles. The molecule has 184 valence electrons. The molecule has 0 bridgehead atoms. The van der Waals surface area contributed by atoms with E-state index in [2.05, 4.69) is 35.8 Å². The lowest BCUT2D eigenvalue weighted by molar-refractivity contribution is -0.116. The Bertz CT molecular complexity index is 1300. The van der Waals surface area contributed by atoms with E-state index in [1.165, 1.54) is 11.3 Å². The van der Waals surface area contributed by atoms with Gasteiger partial charge in [-0.1, -0.05) is 29.5 Å². The lowest BCUT2D eigenvalue weighted by Gasteiger charge is -2.07. The van der Waals surface area contributed by atoms with Crippen molar-refractivity contribution in [1.82, 2.24) is 25.1 Å². The first-order valence-corrected chi connectivity index (χ1v) is 12.2. The van der Waals surface area contributed by atoms with Crippen LogP contribution in [0, 0.1) is 5.95 Å². The smallest absolute Gasteiger partial charge is 0.231 e. The number of pyridine rings is 3. The van der Waals surface area contributed by atoms with Crippen molar-refractivity contribution < 1.29 is 14.0 Å². The molecule has 4 rings (SSSR count). The molecule has 36 heavy (non-hydrogen) atoms. The second-order valence-corrected chi connectivity index (χ2v) is 9.05. The van der Waals surface area contributed by atoms with Gasteiger partial charge in [-0.25, -0.2) is 4.98 Å². The minimum atomic E-state index is -0.597. The number of halogens is 1. The SMILES string of the molecule is O=C(Cc1ccccn1)Nc1ccc(CCCCc2nnc(NC(=O)Cc3cccnc3)s2)c(F)n1. The lowest BCUT2D eigenvalue weighted by Crippen LogP contribution is -2.16. The molecule has 0 aliphatic heterocycles. The number of aromatic nitrogens is 5. The molecule has 4 aromatic rings. The Morgan fingerprint density at radius 1 is 0.889 bits per heavy atom. The summed E-state index contributed by atoms with van der Waals surface area (Å²) >= 11 is 1.33. The Morgan fingerprint density at radius 2 is 1.75 bits per heavy atom. The summed E-state index contributed by atoms with van der Waals surface area (Å²) in [5, 5.41) is 14.7. The maximum absolute atomic E-state index is 14.4. The van der Waals surface area contributed by atoms with Gasteiger partial charge < -0.3 is 10.6 Å². The molecule has 0 aliphatic rings. The van der Waals surface area contributed by atoms with E-state index in [0.29, 0.717) is 29.2 Å². The second-order valence-electron chi connectivity index (χ2n) is 7.99. The van der Waals surface area contributed by atoms with Crippen LogP contribution >= 0.6 is 11.3 Å². The third-order valence-electron chi connectivity index (χ3n) is 5.15. The van der Waals surface area contributed by atoms with E-state index >= 15 is 0 Å². The number of hydrogen-bond donors (Lipinski definition) is 2. The summed E-state index contributed by atoms with van der Waals surface area (Å²) < 4.78 is 14.4. The number of amides is 2. The Morgan fingerprint density at radius 3 is 2.53 bits per heavy atom. The highest BCUT2D eigenvalue weighted by atomic mass is 32.1. The van der Waals surface area contributed by atoms with Gasteiger partial charge in [0.05, 0.1) is 12.8 Å². The van der Waals surface area contributed by atoms with Crippen LogP contribution < -0.4 is 10.6 Å². The van der Waals surface area contributed by atoms with Gasteiger partial charge in [0.15, 0.2) is 0 Å². The van der Waals surface area contributed by atoms with Gasteiger partial charge in [-0.05, 0) is 49.1 Å². The first-order chi connectivity index (χ1) is 17.5. The van der Waals surface area contributed by atoms with E-state index in [0.717, 1.165) is 23.4 Å². The molecule has 0 atom stereocenters. The first-order valence-electron chi connectivity index (χ1n) is 11.4. The van der Waals surface area contributed by atoms with Crippen molar-refractivity contribution in [3.05, 3.63) is 88.8 Å². The third-order valence-corrected chi connectivity index (χ3v) is 6.05. The van der Waals surface area contributed by atoms with Gasteiger partial charge in [0.1, 0.15) is 10.8 Å². The summed E-state index contributed by atoms with van der Waals surface area (Å²) in [5.41, 5.74) is 1.93. The molecule has 0 unspecified atom stereocenters. The van der Waals surface area contributed by atoms with Crippen LogP contribution in [0.1, 0.15) is 34.7 Å². The van der Waals surface area contributed by atoms with Crippen molar-refractivity contribution in [1.29, 1.82) is 0 Å². The van der Waals surface area contributed by atoms with Crippen LogP contribution in [0.25, 0.3) is 0 Å². The van der Waals surface area contributed by atoms with Crippen LogP contribution in [0.3, 0.4) is 0 Å². The minimum Gasteiger partial charge on any atom is -0.310 e. The minimum absolute atomic E-state index is 0.0907. The van der Waals surface area contributed by atoms with Crippen LogP contribution in [0.5, 0.6) is 0 Å². The van der Waals surface area contributed by atoms with E-state index in [9.17, 15) is 14.0 Å². The summed E-state index contributed by atoms with van der Waals surface area (Å²) in [4.78, 5) is 36.2. The van der Waals surface area contributed by atoms with Crippen molar-refractivity contribution >= 4 is 34.1 Å². The molecule has 0 saturated heterocycles. The van der Waals surface area contributed by atoms with Crippen molar-refractivity contribution in [3.63, 3.8) is 0 Å². The highest BCUT2D eigenvalue weighted by Crippen LogP contribution is 2.19. The predicted molar refractivity (Wildman–Crippen MR) is 134 cm³/mol. The van der Waals surface area contributed by atoms with Crippen LogP contribution in [0.2, 0.25) is 0 Å². The van der Waals surface area contributed by atoms with Crippen molar-refractivity contribution in [2.75, 3.05) is 10.6 Å². The van der Waals surface area contributed by atoms with E-state index in [-0.39, 0.29) is 30.5 Å². The average Bonchev–Trinajstić information content (AvgIpc) is 3.31. The van der Waals surface area contributed by atoms with Gasteiger partial charge >= 0.3 is 0 Å². The Balaban J connectivity index is 1.18. The van der Waals surface area contributed by atoms with Crippen LogP contribution in [0.15, 0.2) is 61.1 Å². The number of unbranched alkanes of at least 4 members (excludes halogenated alkanes) is 1. The molecule has 11 heteroatoms. The van der Waals surface area contributed by atoms with Crippen LogP contribution in [-0.4, -0.2) is 37.0 Å². The molecule has 0 spiro atoms. The molecule has 4 aromatic heterocycles. The van der Waals surface area contributed by atoms with E-state index in [4.69, 9.17) is 0 Å². The Kier molecular flexibility index (Phi) is 8.71. The topological polar surface area (TPSA) is 123 Å². The number of carbonyl (C=O) groups is 2. The molecule has 0 radical (unpaired) electrons. The lowest BCUT2D eigenvalue weighted by atomic mass is 10.1. The summed E-state index contributed by atoms with van der Waals surface area (Å²) in [6.07, 6.45) is 7.92. The summed E-state index contributed by atoms with van der Waals surface area (Å²) in [7, 11) is 0. The van der Waals surface area contributed by atoms with Gasteiger partial charge in [-0.3, -0.25) is 19.6 Å². The third kappa shape index (κ3) is 7.70. The molecule has 2 amide bonds. The number of anilines is 2. The van der Waals surface area contributed by atoms with E-state index < -0.39 is 5.95 Å². The first kappa shape index (κ1) is 25.0. The van der Waals surface area contributed by atoms with Gasteiger partial charge in [-0.15, -0.1) is 10.2 Å². The number of nitrogens with zero attached hydrogens (tertiary/aromatic N) is 5. The van der Waals surface area contributed by atoms with Gasteiger partial charge in [0.2, 0.25) is 22.9 Å². The number of aryl methyl sites for hydroxylation is 2. The fourth-order valence-corrected chi connectivity index (χ4v) is 4.22. The van der Waals surface area contributed by atoms with E-state index in [1.54, 1.807) is 55.0 Å². The standard InChI is InChI=1S/C25H24FN7O2S/c26-24-18(10-11-20(30-24)29-22(35)15-19-8-3-4-13-28-19)7-1-2-9-23-32-33-25(36-23)31-21(34)14-17-6-5-12-27-16-17/h3-6,8,10-13,16H,1-2,7,9,14-15H2,(H,29,30,35)(H,31,33,34). The van der Waals surface area contributed by atoms with Crippen LogP contribution in [-0.2, 0) is 35.3 Å². The average molecular weight is 506 g/mol. The maximum Gasteiger partial charge on any atom is 0.231 e. The molecule has 0 saturated carbocycles. The Hall–Kier alpha value is -4.12. The molecular weight excluding hydrogens is 481 g/mol. The number of hydrogen-bond acceptors (Lipinski definition) is 8. The van der Waals surface area contributed by atoms with Crippen LogP contribution in [0.4, 0.5) is 15.3 Å². The fourth-order valence-electron chi connectivity index (χ4n) is 3.42. The molecule has 0 fully saturated rings. The molecule has 2 N–H and O–H groups in total. The molecule has 4 heterocycles. The molecule has 9 nitrogen and oxygen atoms in total. The quantitative estimate of drug-likeness (QED) is 0.235. The number of carbonyl (C=O) groups excluding carboxylic acids is 2. The molecular formula is C25H24FN7O2S. The van der Waals surface area contributed by atoms with Gasteiger partial charge in [-0.2, -0.15) is 4.39 Å². The predicted octanol–water partition coefficient (Wildman–Crippen LogP) is 3.79.